The van der Waals surface area contributed by atoms with Crippen LogP contribution < -0.4 is 4.74 Å². The number of ether oxygens (including phenoxy) is 1. The van der Waals surface area contributed by atoms with Gasteiger partial charge < -0.3 is 9.64 Å². The summed E-state index contributed by atoms with van der Waals surface area (Å²) >= 11 is 0. The SMILES string of the molecule is COc1ccc(CC(=O)N(C)C(C)c2ccc(-n3cncn3)cc2)cc1. The van der Waals surface area contributed by atoms with Gasteiger partial charge in [-0.05, 0) is 42.3 Å². The molecule has 1 unspecified atom stereocenters. The summed E-state index contributed by atoms with van der Waals surface area (Å²) in [5, 5.41) is 4.12. The van der Waals surface area contributed by atoms with E-state index < -0.39 is 0 Å². The van der Waals surface area contributed by atoms with E-state index >= 15 is 0 Å². The minimum Gasteiger partial charge on any atom is -0.497 e. The van der Waals surface area contributed by atoms with E-state index in [9.17, 15) is 4.79 Å². The number of likely N-dealkylation sites (N-methyl/N-ethyl adjacent to an activating group) is 1. The first-order chi connectivity index (χ1) is 12.6. The summed E-state index contributed by atoms with van der Waals surface area (Å²) in [4.78, 5) is 18.3. The number of carbonyl (C=O) groups is 1. The second-order valence-corrected chi connectivity index (χ2v) is 6.14. The van der Waals surface area contributed by atoms with Gasteiger partial charge in [0.15, 0.2) is 0 Å². The molecule has 0 N–H and O–H groups in total. The van der Waals surface area contributed by atoms with Crippen molar-refractivity contribution in [1.82, 2.24) is 19.7 Å². The van der Waals surface area contributed by atoms with Gasteiger partial charge >= 0.3 is 0 Å². The molecule has 1 amide bonds. The highest BCUT2D eigenvalue weighted by molar-refractivity contribution is 5.79. The van der Waals surface area contributed by atoms with Crippen molar-refractivity contribution in [1.29, 1.82) is 0 Å². The molecule has 0 aliphatic carbocycles. The normalized spacial score (nSPS) is 11.8. The first-order valence-electron chi connectivity index (χ1n) is 8.42. The van der Waals surface area contributed by atoms with E-state index in [0.717, 1.165) is 22.6 Å². The van der Waals surface area contributed by atoms with E-state index in [0.29, 0.717) is 6.42 Å². The van der Waals surface area contributed by atoms with Crippen molar-refractivity contribution in [2.24, 2.45) is 0 Å². The van der Waals surface area contributed by atoms with Crippen LogP contribution >= 0.6 is 0 Å². The van der Waals surface area contributed by atoms with Crippen molar-refractivity contribution in [3.05, 3.63) is 72.3 Å². The molecule has 3 aromatic rings. The summed E-state index contributed by atoms with van der Waals surface area (Å²) in [5.41, 5.74) is 2.97. The Bertz CT molecular complexity index is 843. The molecule has 0 spiro atoms. The number of hydrogen-bond donors (Lipinski definition) is 0. The molecule has 2 aromatic carbocycles. The molecule has 0 fully saturated rings. The molecule has 1 aromatic heterocycles. The molecular formula is C20H22N4O2. The van der Waals surface area contributed by atoms with Gasteiger partial charge in [-0.15, -0.1) is 0 Å². The summed E-state index contributed by atoms with van der Waals surface area (Å²) in [6.45, 7) is 2.02. The molecule has 0 radical (unpaired) electrons. The third-order valence-corrected chi connectivity index (χ3v) is 4.55. The lowest BCUT2D eigenvalue weighted by molar-refractivity contribution is -0.131. The molecule has 6 heteroatoms. The summed E-state index contributed by atoms with van der Waals surface area (Å²) in [6.07, 6.45) is 3.52. The van der Waals surface area contributed by atoms with Crippen molar-refractivity contribution < 1.29 is 9.53 Å². The number of hydrogen-bond acceptors (Lipinski definition) is 4. The van der Waals surface area contributed by atoms with E-state index in [2.05, 4.69) is 10.1 Å². The van der Waals surface area contributed by atoms with E-state index in [1.807, 2.05) is 62.5 Å². The molecule has 0 saturated heterocycles. The molecular weight excluding hydrogens is 328 g/mol. The van der Waals surface area contributed by atoms with Crippen molar-refractivity contribution in [2.45, 2.75) is 19.4 Å². The van der Waals surface area contributed by atoms with Crippen molar-refractivity contribution in [3.8, 4) is 11.4 Å². The summed E-state index contributed by atoms with van der Waals surface area (Å²) in [7, 11) is 3.46. The van der Waals surface area contributed by atoms with Crippen molar-refractivity contribution in [3.63, 3.8) is 0 Å². The third-order valence-electron chi connectivity index (χ3n) is 4.55. The standard InChI is InChI=1S/C20H22N4O2/c1-15(17-6-8-18(9-7-17)24-14-21-13-22-24)23(2)20(25)12-16-4-10-19(26-3)11-5-16/h4-11,13-15H,12H2,1-3H3. The zero-order chi connectivity index (χ0) is 18.5. The van der Waals surface area contributed by atoms with Crippen LogP contribution in [-0.2, 0) is 11.2 Å². The van der Waals surface area contributed by atoms with Crippen LogP contribution in [0.4, 0.5) is 0 Å². The van der Waals surface area contributed by atoms with E-state index in [1.54, 1.807) is 23.0 Å². The maximum atomic E-state index is 12.6. The Kier molecular flexibility index (Phi) is 5.31. The van der Waals surface area contributed by atoms with Gasteiger partial charge in [0.2, 0.25) is 5.91 Å². The first kappa shape index (κ1) is 17.7. The Morgan fingerprint density at radius 1 is 1.15 bits per heavy atom. The van der Waals surface area contributed by atoms with E-state index in [1.165, 1.54) is 6.33 Å². The van der Waals surface area contributed by atoms with Crippen LogP contribution in [0.1, 0.15) is 24.1 Å². The molecule has 0 bridgehead atoms. The van der Waals surface area contributed by atoms with Crippen molar-refractivity contribution >= 4 is 5.91 Å². The van der Waals surface area contributed by atoms with Crippen LogP contribution in [0.5, 0.6) is 5.75 Å². The Hall–Kier alpha value is -3.15. The van der Waals surface area contributed by atoms with Crippen LogP contribution in [0.2, 0.25) is 0 Å². The Morgan fingerprint density at radius 3 is 2.42 bits per heavy atom. The fourth-order valence-corrected chi connectivity index (χ4v) is 2.73. The van der Waals surface area contributed by atoms with Crippen LogP contribution in [-0.4, -0.2) is 39.7 Å². The molecule has 3 rings (SSSR count). The van der Waals surface area contributed by atoms with Gasteiger partial charge in [-0.2, -0.15) is 5.10 Å². The minimum atomic E-state index is -0.0226. The zero-order valence-electron chi connectivity index (χ0n) is 15.2. The van der Waals surface area contributed by atoms with Gasteiger partial charge in [-0.1, -0.05) is 24.3 Å². The molecule has 1 heterocycles. The van der Waals surface area contributed by atoms with Gasteiger partial charge in [0.1, 0.15) is 18.4 Å². The number of aromatic nitrogens is 3. The van der Waals surface area contributed by atoms with Gasteiger partial charge in [0.25, 0.3) is 0 Å². The Balaban J connectivity index is 1.66. The van der Waals surface area contributed by atoms with Gasteiger partial charge in [0, 0.05) is 7.05 Å². The third kappa shape index (κ3) is 3.91. The fraction of sp³-hybridized carbons (Fsp3) is 0.250. The summed E-state index contributed by atoms with van der Waals surface area (Å²) < 4.78 is 6.85. The number of carbonyl (C=O) groups excluding carboxylic acids is 1. The maximum absolute atomic E-state index is 12.6. The number of nitrogens with zero attached hydrogens (tertiary/aromatic N) is 4. The summed E-state index contributed by atoms with van der Waals surface area (Å²) in [6, 6.07) is 15.5. The monoisotopic (exact) mass is 350 g/mol. The van der Waals surface area contributed by atoms with Gasteiger partial charge in [-0.3, -0.25) is 4.79 Å². The topological polar surface area (TPSA) is 60.2 Å². The molecule has 6 nitrogen and oxygen atoms in total. The van der Waals surface area contributed by atoms with E-state index in [-0.39, 0.29) is 11.9 Å². The van der Waals surface area contributed by atoms with Crippen LogP contribution in [0.3, 0.4) is 0 Å². The molecule has 134 valence electrons. The maximum Gasteiger partial charge on any atom is 0.227 e. The average Bonchev–Trinajstić information content (AvgIpc) is 3.22. The molecule has 26 heavy (non-hydrogen) atoms. The second-order valence-electron chi connectivity index (χ2n) is 6.14. The predicted octanol–water partition coefficient (Wildman–Crippen LogP) is 3.04. The van der Waals surface area contributed by atoms with Crippen molar-refractivity contribution in [2.75, 3.05) is 14.2 Å². The largest absolute Gasteiger partial charge is 0.497 e. The van der Waals surface area contributed by atoms with Crippen LogP contribution in [0.25, 0.3) is 5.69 Å². The number of benzene rings is 2. The molecule has 0 aliphatic rings. The predicted molar refractivity (Wildman–Crippen MR) is 99.2 cm³/mol. The fourth-order valence-electron chi connectivity index (χ4n) is 2.73. The Labute approximate surface area is 153 Å². The summed E-state index contributed by atoms with van der Waals surface area (Å²) in [5.74, 6) is 0.860. The lowest BCUT2D eigenvalue weighted by atomic mass is 10.1. The quantitative estimate of drug-likeness (QED) is 0.686. The molecule has 1 atom stereocenters. The Morgan fingerprint density at radius 2 is 1.85 bits per heavy atom. The highest BCUT2D eigenvalue weighted by Gasteiger charge is 2.17. The molecule has 0 aliphatic heterocycles. The minimum absolute atomic E-state index is 0.0226. The number of amides is 1. The number of rotatable bonds is 6. The first-order valence-corrected chi connectivity index (χ1v) is 8.42. The molecule has 0 saturated carbocycles. The van der Waals surface area contributed by atoms with Crippen LogP contribution in [0, 0.1) is 0 Å². The lowest BCUT2D eigenvalue weighted by Crippen LogP contribution is -2.30. The second kappa shape index (κ2) is 7.82. The van der Waals surface area contributed by atoms with E-state index in [4.69, 9.17) is 4.74 Å². The highest BCUT2D eigenvalue weighted by atomic mass is 16.5. The zero-order valence-corrected chi connectivity index (χ0v) is 15.2. The smallest absolute Gasteiger partial charge is 0.227 e. The average molecular weight is 350 g/mol. The van der Waals surface area contributed by atoms with Crippen LogP contribution in [0.15, 0.2) is 61.2 Å². The van der Waals surface area contributed by atoms with Gasteiger partial charge in [0.05, 0.1) is 25.3 Å². The number of methoxy groups -OCH3 is 1. The van der Waals surface area contributed by atoms with Gasteiger partial charge in [-0.25, -0.2) is 9.67 Å². The lowest BCUT2D eigenvalue weighted by Gasteiger charge is -2.25. The highest BCUT2D eigenvalue weighted by Crippen LogP contribution is 2.21.